The molecule has 0 radical (unpaired) electrons. The maximum atomic E-state index is 12.4. The lowest BCUT2D eigenvalue weighted by atomic mass is 9.98. The summed E-state index contributed by atoms with van der Waals surface area (Å²) in [6, 6.07) is 7.22. The van der Waals surface area contributed by atoms with Crippen molar-refractivity contribution in [1.29, 1.82) is 0 Å². The third-order valence-corrected chi connectivity index (χ3v) is 4.37. The first-order chi connectivity index (χ1) is 11.4. The first-order valence-electron chi connectivity index (χ1n) is 8.47. The van der Waals surface area contributed by atoms with E-state index in [-0.39, 0.29) is 18.2 Å². The fourth-order valence-corrected chi connectivity index (χ4v) is 3.17. The van der Waals surface area contributed by atoms with E-state index in [1.54, 1.807) is 7.11 Å². The Balaban J connectivity index is 1.95. The summed E-state index contributed by atoms with van der Waals surface area (Å²) >= 11 is 0. The van der Waals surface area contributed by atoms with Gasteiger partial charge in [-0.25, -0.2) is 0 Å². The number of cyclic esters (lactones) is 1. The normalized spacial score (nSPS) is 20.5. The number of rotatable bonds is 7. The molecule has 1 fully saturated rings. The van der Waals surface area contributed by atoms with Crippen LogP contribution in [0.1, 0.15) is 39.2 Å². The van der Waals surface area contributed by atoms with E-state index in [1.165, 1.54) is 0 Å². The zero-order chi connectivity index (χ0) is 17.7. The number of Topliss-reactive ketones (excluding diaryl/α,β-unsaturated/α-hetero) is 1. The summed E-state index contributed by atoms with van der Waals surface area (Å²) in [5.74, 6) is 0.569. The van der Waals surface area contributed by atoms with E-state index in [1.807, 2.05) is 49.9 Å². The number of para-hydroxylation sites is 1. The van der Waals surface area contributed by atoms with Crippen molar-refractivity contribution in [2.24, 2.45) is 0 Å². The van der Waals surface area contributed by atoms with Crippen molar-refractivity contribution < 1.29 is 19.1 Å². The van der Waals surface area contributed by atoms with Gasteiger partial charge in [0, 0.05) is 19.4 Å². The number of carbonyl (C=O) groups excluding carboxylic acids is 2. The quantitative estimate of drug-likeness (QED) is 0.718. The van der Waals surface area contributed by atoms with Gasteiger partial charge in [-0.05, 0) is 38.4 Å². The molecule has 5 heteroatoms. The van der Waals surface area contributed by atoms with Crippen LogP contribution >= 0.6 is 0 Å². The van der Waals surface area contributed by atoms with Gasteiger partial charge in [-0.1, -0.05) is 25.1 Å². The molecule has 24 heavy (non-hydrogen) atoms. The van der Waals surface area contributed by atoms with Gasteiger partial charge in [0.15, 0.2) is 0 Å². The van der Waals surface area contributed by atoms with Crippen molar-refractivity contribution in [3.63, 3.8) is 0 Å². The average molecular weight is 333 g/mol. The summed E-state index contributed by atoms with van der Waals surface area (Å²) in [6.45, 7) is 7.17. The van der Waals surface area contributed by atoms with Gasteiger partial charge in [0.2, 0.25) is 0 Å². The van der Waals surface area contributed by atoms with Gasteiger partial charge >= 0.3 is 5.97 Å². The van der Waals surface area contributed by atoms with Crippen molar-refractivity contribution in [3.8, 4) is 5.75 Å². The smallest absolute Gasteiger partial charge is 0.324 e. The van der Waals surface area contributed by atoms with Crippen LogP contribution in [0.2, 0.25) is 0 Å². The third-order valence-electron chi connectivity index (χ3n) is 4.37. The molecule has 1 aromatic carbocycles. The molecule has 0 N–H and O–H groups in total. The number of ketones is 1. The van der Waals surface area contributed by atoms with Crippen LogP contribution in [0.5, 0.6) is 5.75 Å². The molecule has 0 aromatic heterocycles. The molecule has 132 valence electrons. The van der Waals surface area contributed by atoms with Crippen LogP contribution in [-0.4, -0.2) is 48.5 Å². The second kappa shape index (κ2) is 7.79. The molecule has 1 aromatic rings. The lowest BCUT2D eigenvalue weighted by molar-refractivity contribution is -0.178. The lowest BCUT2D eigenvalue weighted by Crippen LogP contribution is -2.57. The number of nitrogens with zero attached hydrogens (tertiary/aromatic N) is 1. The summed E-state index contributed by atoms with van der Waals surface area (Å²) in [5, 5.41) is 0. The second-order valence-electron chi connectivity index (χ2n) is 6.81. The predicted molar refractivity (Wildman–Crippen MR) is 92.1 cm³/mol. The van der Waals surface area contributed by atoms with Crippen molar-refractivity contribution in [2.75, 3.05) is 20.2 Å². The minimum absolute atomic E-state index is 0.0704. The van der Waals surface area contributed by atoms with Gasteiger partial charge in [0.1, 0.15) is 23.2 Å². The Bertz CT molecular complexity index is 597. The van der Waals surface area contributed by atoms with Gasteiger partial charge in [-0.15, -0.1) is 0 Å². The topological polar surface area (TPSA) is 55.8 Å². The maximum absolute atomic E-state index is 12.4. The van der Waals surface area contributed by atoms with Crippen LogP contribution in [0.25, 0.3) is 0 Å². The maximum Gasteiger partial charge on any atom is 0.324 e. The van der Waals surface area contributed by atoms with E-state index >= 15 is 0 Å². The summed E-state index contributed by atoms with van der Waals surface area (Å²) in [5.41, 5.74) is 0.511. The zero-order valence-corrected chi connectivity index (χ0v) is 15.0. The fourth-order valence-electron chi connectivity index (χ4n) is 3.17. The highest BCUT2D eigenvalue weighted by Crippen LogP contribution is 2.24. The highest BCUT2D eigenvalue weighted by molar-refractivity contribution is 5.87. The summed E-state index contributed by atoms with van der Waals surface area (Å²) in [6.07, 6.45) is 1.21. The lowest BCUT2D eigenvalue weighted by Gasteiger charge is -2.41. The average Bonchev–Trinajstić information content (AvgIpc) is 2.54. The van der Waals surface area contributed by atoms with Gasteiger partial charge in [0.25, 0.3) is 0 Å². The Kier molecular flexibility index (Phi) is 5.99. The minimum atomic E-state index is -0.496. The Morgan fingerprint density at radius 2 is 2.08 bits per heavy atom. The number of hydrogen-bond acceptors (Lipinski definition) is 5. The number of hydrogen-bond donors (Lipinski definition) is 0. The van der Waals surface area contributed by atoms with E-state index in [2.05, 4.69) is 0 Å². The third kappa shape index (κ3) is 4.57. The van der Waals surface area contributed by atoms with Crippen LogP contribution < -0.4 is 4.74 Å². The largest absolute Gasteiger partial charge is 0.496 e. The van der Waals surface area contributed by atoms with Crippen LogP contribution in [0.15, 0.2) is 24.3 Å². The first kappa shape index (κ1) is 18.5. The van der Waals surface area contributed by atoms with E-state index in [0.717, 1.165) is 17.9 Å². The number of carbonyl (C=O) groups is 2. The molecule has 1 atom stereocenters. The molecule has 2 rings (SSSR count). The molecular formula is C19H27NO4. The Hall–Kier alpha value is -1.88. The van der Waals surface area contributed by atoms with E-state index in [9.17, 15) is 9.59 Å². The summed E-state index contributed by atoms with van der Waals surface area (Å²) in [4.78, 5) is 26.7. The Labute approximate surface area is 143 Å². The number of ether oxygens (including phenoxy) is 2. The van der Waals surface area contributed by atoms with Gasteiger partial charge in [-0.3, -0.25) is 14.5 Å². The number of esters is 1. The molecule has 0 bridgehead atoms. The first-order valence-corrected chi connectivity index (χ1v) is 8.47. The standard InChI is InChI=1S/C19H27NO4/c1-5-20-13-19(2,3)24-18(22)16(20)12-15(21)11-10-14-8-6-7-9-17(14)23-4/h6-9,16H,5,10-13H2,1-4H3. The molecule has 1 aliphatic heterocycles. The Morgan fingerprint density at radius 3 is 2.75 bits per heavy atom. The molecule has 0 spiro atoms. The van der Waals surface area contributed by atoms with E-state index in [4.69, 9.17) is 9.47 Å². The van der Waals surface area contributed by atoms with Crippen LogP contribution in [0.4, 0.5) is 0 Å². The molecule has 0 aliphatic carbocycles. The molecule has 0 amide bonds. The molecule has 1 unspecified atom stereocenters. The van der Waals surface area contributed by atoms with Crippen molar-refractivity contribution >= 4 is 11.8 Å². The summed E-state index contributed by atoms with van der Waals surface area (Å²) in [7, 11) is 1.62. The second-order valence-corrected chi connectivity index (χ2v) is 6.81. The van der Waals surface area contributed by atoms with Gasteiger partial charge < -0.3 is 9.47 Å². The monoisotopic (exact) mass is 333 g/mol. The number of benzene rings is 1. The van der Waals surface area contributed by atoms with Crippen molar-refractivity contribution in [3.05, 3.63) is 29.8 Å². The number of methoxy groups -OCH3 is 1. The molecule has 1 aliphatic rings. The number of morpholine rings is 1. The minimum Gasteiger partial charge on any atom is -0.496 e. The van der Waals surface area contributed by atoms with Crippen LogP contribution in [0, 0.1) is 0 Å². The fraction of sp³-hybridized carbons (Fsp3) is 0.579. The molecule has 5 nitrogen and oxygen atoms in total. The van der Waals surface area contributed by atoms with Gasteiger partial charge in [-0.2, -0.15) is 0 Å². The Morgan fingerprint density at radius 1 is 1.38 bits per heavy atom. The number of aryl methyl sites for hydroxylation is 1. The zero-order valence-electron chi connectivity index (χ0n) is 15.0. The van der Waals surface area contributed by atoms with Crippen LogP contribution in [0.3, 0.4) is 0 Å². The van der Waals surface area contributed by atoms with E-state index in [0.29, 0.717) is 19.4 Å². The number of likely N-dealkylation sites (N-methyl/N-ethyl adjacent to an activating group) is 1. The molecule has 1 saturated heterocycles. The SMILES string of the molecule is CCN1CC(C)(C)OC(=O)C1CC(=O)CCc1ccccc1OC. The molecule has 0 saturated carbocycles. The molecule has 1 heterocycles. The van der Waals surface area contributed by atoms with E-state index < -0.39 is 11.6 Å². The van der Waals surface area contributed by atoms with Crippen LogP contribution in [-0.2, 0) is 20.7 Å². The van der Waals surface area contributed by atoms with Crippen molar-refractivity contribution in [1.82, 2.24) is 4.90 Å². The highest BCUT2D eigenvalue weighted by Gasteiger charge is 2.40. The molecular weight excluding hydrogens is 306 g/mol. The van der Waals surface area contributed by atoms with Gasteiger partial charge in [0.05, 0.1) is 7.11 Å². The summed E-state index contributed by atoms with van der Waals surface area (Å²) < 4.78 is 10.8. The predicted octanol–water partition coefficient (Wildman–Crippen LogP) is 2.61. The van der Waals surface area contributed by atoms with Crippen molar-refractivity contribution in [2.45, 2.75) is 51.7 Å². The highest BCUT2D eigenvalue weighted by atomic mass is 16.6.